The number of aliphatic hydroxyl groups is 1. The molecule has 1 aliphatic rings. The fourth-order valence-corrected chi connectivity index (χ4v) is 3.45. The Morgan fingerprint density at radius 1 is 1.33 bits per heavy atom. The molecule has 0 saturated heterocycles. The normalized spacial score (nSPS) is 23.4. The highest BCUT2D eigenvalue weighted by atomic mass is 16.5. The first kappa shape index (κ1) is 20.2. The summed E-state index contributed by atoms with van der Waals surface area (Å²) in [5, 5.41) is 10.2. The Bertz CT molecular complexity index is 816. The van der Waals surface area contributed by atoms with E-state index >= 15 is 0 Å². The van der Waals surface area contributed by atoms with Crippen molar-refractivity contribution in [2.24, 2.45) is 5.92 Å². The van der Waals surface area contributed by atoms with Gasteiger partial charge in [0.2, 0.25) is 0 Å². The van der Waals surface area contributed by atoms with E-state index in [1.54, 1.807) is 19.3 Å². The largest absolute Gasteiger partial charge is 0.497 e. The predicted octanol–water partition coefficient (Wildman–Crippen LogP) is 3.28. The zero-order valence-corrected chi connectivity index (χ0v) is 15.5. The molecular formula is C21H24N2O4+2. The quantitative estimate of drug-likeness (QED) is 0.618. The van der Waals surface area contributed by atoms with Crippen molar-refractivity contribution >= 4 is 5.97 Å². The van der Waals surface area contributed by atoms with Crippen LogP contribution in [0, 0.1) is 19.1 Å². The van der Waals surface area contributed by atoms with Gasteiger partial charge in [-0.2, -0.15) is 0 Å². The standard InChI is InChI=1S/C21H24N2O4/c1-14(22-3)21(23-4,13-16-6-9-18(26-5)10-7-16)19-12-17(25)8-11-20(19)27-15(2)24/h3-4,6-11,17,19-20,25H,1,12-13H2,2,5H3/q+2. The van der Waals surface area contributed by atoms with Crippen molar-refractivity contribution in [2.45, 2.75) is 37.5 Å². The maximum atomic E-state index is 11.6. The first-order valence-electron chi connectivity index (χ1n) is 8.55. The van der Waals surface area contributed by atoms with Crippen LogP contribution in [0.25, 0.3) is 9.69 Å². The zero-order chi connectivity index (χ0) is 20.0. The van der Waals surface area contributed by atoms with Gasteiger partial charge in [-0.1, -0.05) is 23.1 Å². The molecule has 2 rings (SSSR count). The highest BCUT2D eigenvalue weighted by Crippen LogP contribution is 2.42. The fourth-order valence-electron chi connectivity index (χ4n) is 3.45. The molecule has 4 unspecified atom stereocenters. The molecule has 27 heavy (non-hydrogen) atoms. The van der Waals surface area contributed by atoms with Crippen LogP contribution >= 0.6 is 0 Å². The van der Waals surface area contributed by atoms with Gasteiger partial charge in [-0.05, 0) is 41.6 Å². The Morgan fingerprint density at radius 3 is 2.52 bits per heavy atom. The minimum atomic E-state index is -1.16. The first-order valence-corrected chi connectivity index (χ1v) is 8.55. The van der Waals surface area contributed by atoms with E-state index in [-0.39, 0.29) is 12.1 Å². The minimum absolute atomic E-state index is 0.241. The van der Waals surface area contributed by atoms with E-state index in [1.807, 2.05) is 24.3 Å². The average molecular weight is 368 g/mol. The molecule has 0 radical (unpaired) electrons. The van der Waals surface area contributed by atoms with Crippen molar-refractivity contribution in [2.75, 3.05) is 7.11 Å². The molecule has 0 amide bonds. The number of benzene rings is 1. The van der Waals surface area contributed by atoms with Crippen molar-refractivity contribution in [3.05, 3.63) is 63.9 Å². The molecule has 0 heterocycles. The molecule has 6 heteroatoms. The number of ether oxygens (including phenoxy) is 2. The summed E-state index contributed by atoms with van der Waals surface area (Å²) in [5.74, 6) is -0.227. The van der Waals surface area contributed by atoms with Gasteiger partial charge < -0.3 is 14.6 Å². The van der Waals surface area contributed by atoms with Crippen molar-refractivity contribution < 1.29 is 19.4 Å². The molecule has 0 spiro atoms. The number of hydrogen-bond donors (Lipinski definition) is 1. The smallest absolute Gasteiger partial charge is 0.399 e. The molecule has 0 bridgehead atoms. The van der Waals surface area contributed by atoms with Crippen LogP contribution < -0.4 is 4.74 Å². The first-order chi connectivity index (χ1) is 12.9. The molecule has 1 N–H and O–H groups in total. The number of esters is 1. The summed E-state index contributed by atoms with van der Waals surface area (Å²) in [5.41, 5.74) is -0.0271. The highest BCUT2D eigenvalue weighted by Gasteiger charge is 2.62. The lowest BCUT2D eigenvalue weighted by molar-refractivity contribution is -0.148. The Balaban J connectivity index is 2.49. The Kier molecular flexibility index (Phi) is 6.39. The van der Waals surface area contributed by atoms with E-state index < -0.39 is 29.6 Å². The molecule has 0 saturated carbocycles. The molecule has 1 aliphatic carbocycles. The van der Waals surface area contributed by atoms with E-state index in [2.05, 4.69) is 16.3 Å². The summed E-state index contributed by atoms with van der Waals surface area (Å²) in [4.78, 5) is 19.4. The van der Waals surface area contributed by atoms with Crippen LogP contribution in [-0.2, 0) is 16.0 Å². The Hall–Kier alpha value is -3.09. The number of aliphatic hydroxyl groups excluding tert-OH is 1. The van der Waals surface area contributed by atoms with Crippen LogP contribution in [0.1, 0.15) is 18.9 Å². The fraction of sp³-hybridized carbons (Fsp3) is 0.381. The summed E-state index contributed by atoms with van der Waals surface area (Å²) in [6, 6.07) is 7.38. The maximum Gasteiger partial charge on any atom is 0.399 e. The molecule has 4 atom stereocenters. The van der Waals surface area contributed by atoms with Crippen LogP contribution in [0.3, 0.4) is 0 Å². The average Bonchev–Trinajstić information content (AvgIpc) is 2.67. The third kappa shape index (κ3) is 4.36. The number of carbonyl (C=O) groups excluding carboxylic acids is 1. The van der Waals surface area contributed by atoms with Crippen molar-refractivity contribution in [1.82, 2.24) is 0 Å². The highest BCUT2D eigenvalue weighted by molar-refractivity contribution is 5.66. The van der Waals surface area contributed by atoms with Crippen molar-refractivity contribution in [3.63, 3.8) is 0 Å². The third-order valence-corrected chi connectivity index (χ3v) is 4.85. The van der Waals surface area contributed by atoms with Gasteiger partial charge in [0.05, 0.1) is 25.6 Å². The lowest BCUT2D eigenvalue weighted by atomic mass is 9.70. The molecule has 6 nitrogen and oxygen atoms in total. The summed E-state index contributed by atoms with van der Waals surface area (Å²) in [6.45, 7) is 16.6. The number of rotatable bonds is 6. The van der Waals surface area contributed by atoms with E-state index in [0.717, 1.165) is 5.56 Å². The number of hydrogen-bond acceptors (Lipinski definition) is 4. The van der Waals surface area contributed by atoms with Gasteiger partial charge in [-0.15, -0.1) is 0 Å². The molecular weight excluding hydrogens is 344 g/mol. The van der Waals surface area contributed by atoms with Gasteiger partial charge in [-0.3, -0.25) is 4.79 Å². The summed E-state index contributed by atoms with van der Waals surface area (Å²) < 4.78 is 10.6. The molecule has 0 aromatic heterocycles. The number of carbonyl (C=O) groups is 1. The Morgan fingerprint density at radius 2 is 2.00 bits per heavy atom. The maximum absolute atomic E-state index is 11.6. The topological polar surface area (TPSA) is 64.5 Å². The third-order valence-electron chi connectivity index (χ3n) is 4.85. The van der Waals surface area contributed by atoms with Gasteiger partial charge in [0.15, 0.2) is 0 Å². The van der Waals surface area contributed by atoms with Crippen LogP contribution in [0.4, 0.5) is 0 Å². The monoisotopic (exact) mass is 368 g/mol. The van der Waals surface area contributed by atoms with Gasteiger partial charge >= 0.3 is 17.2 Å². The summed E-state index contributed by atoms with van der Waals surface area (Å²) in [7, 11) is 1.59. The SMILES string of the molecule is C#[N+]C(=C)C(Cc1ccc(OC)cc1)([N+]#C)C1CC(O)C=CC1OC(C)=O. The van der Waals surface area contributed by atoms with Crippen LogP contribution in [0.15, 0.2) is 48.7 Å². The van der Waals surface area contributed by atoms with Gasteiger partial charge in [0, 0.05) is 6.92 Å². The van der Waals surface area contributed by atoms with Gasteiger partial charge in [0.25, 0.3) is 13.1 Å². The van der Waals surface area contributed by atoms with E-state index in [4.69, 9.17) is 22.6 Å². The van der Waals surface area contributed by atoms with Gasteiger partial charge in [0.1, 0.15) is 11.9 Å². The molecule has 1 aromatic rings. The Labute approximate surface area is 159 Å². The second kappa shape index (κ2) is 8.53. The van der Waals surface area contributed by atoms with E-state index in [0.29, 0.717) is 12.2 Å². The van der Waals surface area contributed by atoms with E-state index in [9.17, 15) is 9.90 Å². The molecule has 140 valence electrons. The number of methoxy groups -OCH3 is 1. The predicted molar refractivity (Wildman–Crippen MR) is 104 cm³/mol. The summed E-state index contributed by atoms with van der Waals surface area (Å²) >= 11 is 0. The molecule has 0 fully saturated rings. The second-order valence-electron chi connectivity index (χ2n) is 6.52. The molecule has 0 aliphatic heterocycles. The van der Waals surface area contributed by atoms with Crippen molar-refractivity contribution in [3.8, 4) is 18.9 Å². The summed E-state index contributed by atoms with van der Waals surface area (Å²) in [6.07, 6.45) is 2.42. The minimum Gasteiger partial charge on any atom is -0.497 e. The zero-order valence-electron chi connectivity index (χ0n) is 15.5. The number of nitrogens with zero attached hydrogens (tertiary/aromatic N) is 2. The van der Waals surface area contributed by atoms with E-state index in [1.165, 1.54) is 6.92 Å². The van der Waals surface area contributed by atoms with Crippen LogP contribution in [-0.4, -0.2) is 35.9 Å². The van der Waals surface area contributed by atoms with Gasteiger partial charge in [-0.25, -0.2) is 0 Å². The van der Waals surface area contributed by atoms with Crippen LogP contribution in [0.5, 0.6) is 5.75 Å². The van der Waals surface area contributed by atoms with Crippen molar-refractivity contribution in [1.29, 1.82) is 0 Å². The molecule has 1 aromatic carbocycles. The lowest BCUT2D eigenvalue weighted by Gasteiger charge is -2.32. The lowest BCUT2D eigenvalue weighted by Crippen LogP contribution is -2.48. The second-order valence-corrected chi connectivity index (χ2v) is 6.52. The van der Waals surface area contributed by atoms with Crippen LogP contribution in [0.2, 0.25) is 0 Å².